The molecule has 1 saturated heterocycles. The zero-order valence-electron chi connectivity index (χ0n) is 13.2. The summed E-state index contributed by atoms with van der Waals surface area (Å²) < 4.78 is 22.3. The largest absolute Gasteiger partial charge is 0.343 e. The van der Waals surface area contributed by atoms with E-state index in [9.17, 15) is 18.0 Å². The van der Waals surface area contributed by atoms with Gasteiger partial charge in [-0.1, -0.05) is 18.2 Å². The first-order valence-corrected chi connectivity index (χ1v) is 9.54. The van der Waals surface area contributed by atoms with E-state index in [1.807, 2.05) is 37.3 Å². The molecule has 1 aliphatic heterocycles. The topological polar surface area (TPSA) is 83.5 Å². The molecule has 2 aliphatic rings. The molecule has 1 aromatic rings. The summed E-state index contributed by atoms with van der Waals surface area (Å²) >= 11 is 0. The molecule has 2 atom stereocenters. The number of para-hydroxylation sites is 1. The van der Waals surface area contributed by atoms with Crippen LogP contribution < -0.4 is 10.2 Å². The number of rotatable bonds is 4. The fraction of sp³-hybridized carbons (Fsp3) is 0.500. The van der Waals surface area contributed by atoms with Gasteiger partial charge in [0.2, 0.25) is 11.8 Å². The van der Waals surface area contributed by atoms with Gasteiger partial charge >= 0.3 is 0 Å². The minimum absolute atomic E-state index is 0.0522. The van der Waals surface area contributed by atoms with Crippen LogP contribution in [0.15, 0.2) is 30.3 Å². The van der Waals surface area contributed by atoms with Crippen molar-refractivity contribution in [2.75, 3.05) is 11.2 Å². The fourth-order valence-corrected chi connectivity index (χ4v) is 4.43. The molecular weight excluding hydrogens is 316 g/mol. The molecule has 3 rings (SSSR count). The maximum Gasteiger partial charge on any atom is 0.249 e. The highest BCUT2D eigenvalue weighted by atomic mass is 32.2. The summed E-state index contributed by atoms with van der Waals surface area (Å²) in [6, 6.07) is 8.54. The van der Waals surface area contributed by atoms with Crippen LogP contribution in [-0.4, -0.2) is 43.3 Å². The number of carbonyl (C=O) groups excluding carboxylic acids is 2. The van der Waals surface area contributed by atoms with Crippen LogP contribution in [0, 0.1) is 0 Å². The maximum absolute atomic E-state index is 12.6. The molecule has 0 aromatic heterocycles. The fourth-order valence-electron chi connectivity index (χ4n) is 3.19. The van der Waals surface area contributed by atoms with Crippen LogP contribution in [0.4, 0.5) is 5.69 Å². The van der Waals surface area contributed by atoms with Gasteiger partial charge in [-0.3, -0.25) is 9.59 Å². The zero-order valence-corrected chi connectivity index (χ0v) is 14.0. The van der Waals surface area contributed by atoms with Gasteiger partial charge in [0.25, 0.3) is 0 Å². The van der Waals surface area contributed by atoms with E-state index in [0.717, 1.165) is 11.9 Å². The van der Waals surface area contributed by atoms with Crippen molar-refractivity contribution in [2.45, 2.75) is 43.0 Å². The quantitative estimate of drug-likeness (QED) is 0.884. The monoisotopic (exact) mass is 336 g/mol. The summed E-state index contributed by atoms with van der Waals surface area (Å²) in [5.41, 5.74) is 0.783. The van der Waals surface area contributed by atoms with Crippen molar-refractivity contribution < 1.29 is 18.0 Å². The number of hydrogen-bond acceptors (Lipinski definition) is 4. The van der Waals surface area contributed by atoms with Gasteiger partial charge in [-0.05, 0) is 38.3 Å². The smallest absolute Gasteiger partial charge is 0.249 e. The van der Waals surface area contributed by atoms with E-state index in [1.165, 1.54) is 0 Å². The molecule has 6 nitrogen and oxygen atoms in total. The summed E-state index contributed by atoms with van der Waals surface area (Å²) in [4.78, 5) is 26.6. The van der Waals surface area contributed by atoms with Crippen molar-refractivity contribution in [3.8, 4) is 0 Å². The number of nitrogens with one attached hydrogen (secondary N) is 1. The molecule has 124 valence electrons. The molecule has 0 spiro atoms. The van der Waals surface area contributed by atoms with Crippen LogP contribution in [0.5, 0.6) is 0 Å². The second-order valence-corrected chi connectivity index (χ2v) is 8.75. The summed E-state index contributed by atoms with van der Waals surface area (Å²) in [6.07, 6.45) is 2.21. The number of benzene rings is 1. The minimum atomic E-state index is -3.47. The predicted molar refractivity (Wildman–Crippen MR) is 86.7 cm³/mol. The molecule has 0 radical (unpaired) electrons. The molecule has 1 heterocycles. The van der Waals surface area contributed by atoms with Crippen molar-refractivity contribution in [3.05, 3.63) is 30.3 Å². The Morgan fingerprint density at radius 1 is 1.26 bits per heavy atom. The number of hydrogen-bond donors (Lipinski definition) is 1. The first kappa shape index (κ1) is 16.0. The molecule has 1 aliphatic carbocycles. The molecule has 1 aromatic carbocycles. The minimum Gasteiger partial charge on any atom is -0.343 e. The first-order valence-electron chi connectivity index (χ1n) is 7.65. The van der Waals surface area contributed by atoms with Crippen molar-refractivity contribution in [3.63, 3.8) is 0 Å². The number of amides is 2. The van der Waals surface area contributed by atoms with Crippen LogP contribution in [0.25, 0.3) is 0 Å². The number of sulfone groups is 1. The van der Waals surface area contributed by atoms with E-state index < -0.39 is 26.5 Å². The van der Waals surface area contributed by atoms with E-state index in [-0.39, 0.29) is 11.9 Å². The van der Waals surface area contributed by atoms with E-state index in [4.69, 9.17) is 0 Å². The third kappa shape index (κ3) is 2.63. The van der Waals surface area contributed by atoms with Gasteiger partial charge in [-0.15, -0.1) is 0 Å². The molecular formula is C16H20N2O4S. The average molecular weight is 336 g/mol. The Bertz CT molecular complexity index is 741. The third-order valence-corrected chi connectivity index (χ3v) is 6.73. The Morgan fingerprint density at radius 2 is 1.87 bits per heavy atom. The number of anilines is 1. The van der Waals surface area contributed by atoms with Crippen LogP contribution >= 0.6 is 0 Å². The number of carbonyl (C=O) groups is 2. The van der Waals surface area contributed by atoms with Crippen molar-refractivity contribution in [2.24, 2.45) is 0 Å². The highest BCUT2D eigenvalue weighted by Crippen LogP contribution is 2.43. The summed E-state index contributed by atoms with van der Waals surface area (Å²) in [6.45, 7) is 1.92. The van der Waals surface area contributed by atoms with Crippen LogP contribution in [0.1, 0.15) is 26.2 Å². The molecule has 1 saturated carbocycles. The highest BCUT2D eigenvalue weighted by molar-refractivity contribution is 7.93. The zero-order chi connectivity index (χ0) is 16.8. The van der Waals surface area contributed by atoms with Gasteiger partial charge in [0.1, 0.15) is 6.04 Å². The standard InChI is InChI=1S/C16H20N2O4S/c1-11-10-13(14(19)18(11)12-6-4-3-5-7-12)17-15(20)16(8-9-16)23(2,21)22/h3-7,11,13H,8-10H2,1-2H3,(H,17,20)/t11-,13-/m1/s1. The van der Waals surface area contributed by atoms with E-state index in [0.29, 0.717) is 19.3 Å². The van der Waals surface area contributed by atoms with Gasteiger partial charge in [0.05, 0.1) is 0 Å². The summed E-state index contributed by atoms with van der Waals surface area (Å²) in [5.74, 6) is -0.734. The van der Waals surface area contributed by atoms with Gasteiger partial charge in [0, 0.05) is 18.0 Å². The molecule has 23 heavy (non-hydrogen) atoms. The molecule has 1 N–H and O–H groups in total. The molecule has 0 bridgehead atoms. The van der Waals surface area contributed by atoms with Gasteiger partial charge in [-0.25, -0.2) is 8.42 Å². The van der Waals surface area contributed by atoms with Crippen LogP contribution in [0.2, 0.25) is 0 Å². The van der Waals surface area contributed by atoms with Gasteiger partial charge < -0.3 is 10.2 Å². The number of nitrogens with zero attached hydrogens (tertiary/aromatic N) is 1. The summed E-state index contributed by atoms with van der Waals surface area (Å²) in [7, 11) is -3.47. The molecule has 0 unspecified atom stereocenters. The lowest BCUT2D eigenvalue weighted by molar-refractivity contribution is -0.126. The summed E-state index contributed by atoms with van der Waals surface area (Å²) in [5, 5.41) is 2.66. The highest BCUT2D eigenvalue weighted by Gasteiger charge is 2.59. The molecule has 2 fully saturated rings. The Morgan fingerprint density at radius 3 is 2.39 bits per heavy atom. The van der Waals surface area contributed by atoms with Crippen molar-refractivity contribution in [1.82, 2.24) is 5.32 Å². The Labute approximate surface area is 135 Å². The third-order valence-electron chi connectivity index (χ3n) is 4.72. The Hall–Kier alpha value is -1.89. The van der Waals surface area contributed by atoms with Gasteiger partial charge in [-0.2, -0.15) is 0 Å². The first-order chi connectivity index (χ1) is 10.8. The lowest BCUT2D eigenvalue weighted by atomic mass is 10.2. The predicted octanol–water partition coefficient (Wildman–Crippen LogP) is 0.874. The van der Waals surface area contributed by atoms with Crippen LogP contribution in [0.3, 0.4) is 0 Å². The van der Waals surface area contributed by atoms with E-state index >= 15 is 0 Å². The lowest BCUT2D eigenvalue weighted by Crippen LogP contribution is -2.49. The molecule has 2 amide bonds. The van der Waals surface area contributed by atoms with Crippen LogP contribution in [-0.2, 0) is 19.4 Å². The van der Waals surface area contributed by atoms with Crippen molar-refractivity contribution in [1.29, 1.82) is 0 Å². The maximum atomic E-state index is 12.6. The van der Waals surface area contributed by atoms with Crippen molar-refractivity contribution >= 4 is 27.3 Å². The second kappa shape index (κ2) is 5.33. The SMILES string of the molecule is C[C@@H]1C[C@@H](NC(=O)C2(S(C)(=O)=O)CC2)C(=O)N1c1ccccc1. The average Bonchev–Trinajstić information content (AvgIpc) is 3.24. The van der Waals surface area contributed by atoms with E-state index in [2.05, 4.69) is 5.32 Å². The Balaban J connectivity index is 1.76. The molecule has 7 heteroatoms. The van der Waals surface area contributed by atoms with Gasteiger partial charge in [0.15, 0.2) is 14.6 Å². The second-order valence-electron chi connectivity index (χ2n) is 6.42. The Kier molecular flexibility index (Phi) is 3.71. The normalized spacial score (nSPS) is 26.2. The van der Waals surface area contributed by atoms with E-state index in [1.54, 1.807) is 4.90 Å². The lowest BCUT2D eigenvalue weighted by Gasteiger charge is -2.21.